The molecule has 0 spiro atoms. The Morgan fingerprint density at radius 2 is 1.07 bits per heavy atom. The molecule has 2 heterocycles. The van der Waals surface area contributed by atoms with Crippen molar-refractivity contribution in [3.05, 3.63) is 83.9 Å². The summed E-state index contributed by atoms with van der Waals surface area (Å²) < 4.78 is 12.3. The largest absolute Gasteiger partial charge is 0.478 e. The maximum Gasteiger partial charge on any atom is 0.188 e. The van der Waals surface area contributed by atoms with Crippen molar-refractivity contribution in [1.29, 1.82) is 0 Å². The maximum absolute atomic E-state index is 6.16. The number of ether oxygens (including phenoxy) is 2. The smallest absolute Gasteiger partial charge is 0.188 e. The zero-order valence-electron chi connectivity index (χ0n) is 16.2. The van der Waals surface area contributed by atoms with Crippen LogP contribution >= 0.6 is 0 Å². The van der Waals surface area contributed by atoms with E-state index in [0.717, 1.165) is 18.2 Å². The van der Waals surface area contributed by atoms with Crippen LogP contribution in [0.5, 0.6) is 0 Å². The Balaban J connectivity index is 1.29. The molecule has 146 valence electrons. The highest BCUT2D eigenvalue weighted by Crippen LogP contribution is 2.51. The summed E-state index contributed by atoms with van der Waals surface area (Å²) in [6, 6.07) is 21.1. The van der Waals surface area contributed by atoms with Crippen molar-refractivity contribution < 1.29 is 9.47 Å². The van der Waals surface area contributed by atoms with Gasteiger partial charge in [-0.05, 0) is 29.4 Å². The zero-order chi connectivity index (χ0) is 19.2. The molecule has 4 nitrogen and oxygen atoms in total. The number of benzene rings is 2. The molecule has 6 atom stereocenters. The molecular formula is C25H24N2O2. The van der Waals surface area contributed by atoms with Crippen LogP contribution in [0, 0.1) is 23.7 Å². The molecule has 1 fully saturated rings. The van der Waals surface area contributed by atoms with E-state index in [4.69, 9.17) is 19.5 Å². The Hall–Kier alpha value is -2.88. The van der Waals surface area contributed by atoms with E-state index in [0.29, 0.717) is 25.0 Å². The van der Waals surface area contributed by atoms with Crippen molar-refractivity contribution in [2.24, 2.45) is 33.7 Å². The summed E-state index contributed by atoms with van der Waals surface area (Å²) >= 11 is 0. The van der Waals surface area contributed by atoms with Crippen molar-refractivity contribution in [3.8, 4) is 0 Å². The van der Waals surface area contributed by atoms with Crippen molar-refractivity contribution in [2.75, 3.05) is 13.2 Å². The van der Waals surface area contributed by atoms with E-state index < -0.39 is 0 Å². The molecule has 1 saturated carbocycles. The van der Waals surface area contributed by atoms with Crippen molar-refractivity contribution in [2.45, 2.75) is 18.5 Å². The SMILES string of the molecule is C1=C[C@H]2C[C@@H]1[C@H](C1=N[C@@H](c3ccccc3)CO1)C2C1=N[C@@H](c2ccccc2)CO1. The third kappa shape index (κ3) is 2.89. The number of hydrogen-bond acceptors (Lipinski definition) is 4. The Kier molecular flexibility index (Phi) is 4.03. The molecule has 0 amide bonds. The summed E-state index contributed by atoms with van der Waals surface area (Å²) in [4.78, 5) is 10.0. The Labute approximate surface area is 171 Å². The molecule has 1 unspecified atom stereocenters. The Morgan fingerprint density at radius 1 is 0.621 bits per heavy atom. The summed E-state index contributed by atoms with van der Waals surface area (Å²) in [6.45, 7) is 1.26. The van der Waals surface area contributed by atoms with Gasteiger partial charge in [-0.3, -0.25) is 0 Å². The van der Waals surface area contributed by atoms with Crippen LogP contribution < -0.4 is 0 Å². The first-order valence-electron chi connectivity index (χ1n) is 10.6. The van der Waals surface area contributed by atoms with Gasteiger partial charge < -0.3 is 9.47 Å². The van der Waals surface area contributed by atoms with Gasteiger partial charge in [0.05, 0.1) is 11.8 Å². The first-order valence-corrected chi connectivity index (χ1v) is 10.6. The number of nitrogens with zero attached hydrogens (tertiary/aromatic N) is 2. The van der Waals surface area contributed by atoms with Crippen LogP contribution in [-0.4, -0.2) is 25.0 Å². The Bertz CT molecular complexity index is 903. The average Bonchev–Trinajstić information content (AvgIpc) is 3.58. The molecule has 29 heavy (non-hydrogen) atoms. The molecule has 0 radical (unpaired) electrons. The summed E-state index contributed by atoms with van der Waals surface area (Å²) in [5.74, 6) is 3.23. The molecule has 2 aliphatic carbocycles. The van der Waals surface area contributed by atoms with E-state index >= 15 is 0 Å². The van der Waals surface area contributed by atoms with Crippen molar-refractivity contribution in [3.63, 3.8) is 0 Å². The molecular weight excluding hydrogens is 360 g/mol. The molecule has 2 aliphatic heterocycles. The maximum atomic E-state index is 6.16. The van der Waals surface area contributed by atoms with Gasteiger partial charge in [0.2, 0.25) is 0 Å². The summed E-state index contributed by atoms with van der Waals surface area (Å²) in [7, 11) is 0. The van der Waals surface area contributed by atoms with E-state index in [1.54, 1.807) is 0 Å². The van der Waals surface area contributed by atoms with E-state index in [1.807, 2.05) is 12.1 Å². The lowest BCUT2D eigenvalue weighted by Crippen LogP contribution is -2.33. The van der Waals surface area contributed by atoms with Gasteiger partial charge in [-0.25, -0.2) is 9.98 Å². The fraction of sp³-hybridized carbons (Fsp3) is 0.360. The van der Waals surface area contributed by atoms with Gasteiger partial charge in [0.25, 0.3) is 0 Å². The van der Waals surface area contributed by atoms with Crippen molar-refractivity contribution in [1.82, 2.24) is 0 Å². The lowest BCUT2D eigenvalue weighted by atomic mass is 9.82. The molecule has 2 aromatic rings. The second kappa shape index (κ2) is 6.87. The summed E-state index contributed by atoms with van der Waals surface area (Å²) in [6.07, 6.45) is 5.83. The summed E-state index contributed by atoms with van der Waals surface area (Å²) in [5.41, 5.74) is 2.44. The van der Waals surface area contributed by atoms with Crippen LogP contribution in [0.4, 0.5) is 0 Å². The molecule has 2 bridgehead atoms. The number of allylic oxidation sites excluding steroid dienone is 2. The predicted octanol–water partition coefficient (Wildman–Crippen LogP) is 4.76. The molecule has 0 aromatic heterocycles. The monoisotopic (exact) mass is 384 g/mol. The molecule has 4 heteroatoms. The number of hydrogen-bond donors (Lipinski definition) is 0. The third-order valence-corrected chi connectivity index (χ3v) is 6.74. The van der Waals surface area contributed by atoms with E-state index in [2.05, 4.69) is 60.7 Å². The topological polar surface area (TPSA) is 43.2 Å². The highest BCUT2D eigenvalue weighted by molar-refractivity contribution is 5.91. The quantitative estimate of drug-likeness (QED) is 0.713. The molecule has 6 rings (SSSR count). The highest BCUT2D eigenvalue weighted by Gasteiger charge is 2.52. The first-order chi connectivity index (χ1) is 14.4. The minimum absolute atomic E-state index is 0.0958. The van der Waals surface area contributed by atoms with E-state index in [9.17, 15) is 0 Å². The van der Waals surface area contributed by atoms with Gasteiger partial charge in [-0.1, -0.05) is 72.8 Å². The van der Waals surface area contributed by atoms with Crippen molar-refractivity contribution >= 4 is 11.8 Å². The normalized spacial score (nSPS) is 34.6. The van der Waals surface area contributed by atoms with Gasteiger partial charge in [0, 0.05) is 0 Å². The van der Waals surface area contributed by atoms with Gasteiger partial charge in [-0.15, -0.1) is 0 Å². The second-order valence-corrected chi connectivity index (χ2v) is 8.41. The van der Waals surface area contributed by atoms with Crippen LogP contribution in [0.1, 0.15) is 29.6 Å². The van der Waals surface area contributed by atoms with Crippen LogP contribution in [0.3, 0.4) is 0 Å². The third-order valence-electron chi connectivity index (χ3n) is 6.74. The molecule has 0 saturated heterocycles. The summed E-state index contributed by atoms with van der Waals surface area (Å²) in [5, 5.41) is 0. The van der Waals surface area contributed by atoms with Crippen LogP contribution in [0.25, 0.3) is 0 Å². The first kappa shape index (κ1) is 17.0. The predicted molar refractivity (Wildman–Crippen MR) is 113 cm³/mol. The van der Waals surface area contributed by atoms with Crippen LogP contribution in [0.2, 0.25) is 0 Å². The number of fused-ring (bicyclic) bond motifs is 2. The van der Waals surface area contributed by atoms with E-state index in [1.165, 1.54) is 11.1 Å². The van der Waals surface area contributed by atoms with Crippen LogP contribution in [-0.2, 0) is 9.47 Å². The van der Waals surface area contributed by atoms with Gasteiger partial charge in [-0.2, -0.15) is 0 Å². The zero-order valence-corrected chi connectivity index (χ0v) is 16.2. The van der Waals surface area contributed by atoms with Gasteiger partial charge in [0.1, 0.15) is 25.3 Å². The fourth-order valence-corrected chi connectivity index (χ4v) is 5.34. The Morgan fingerprint density at radius 3 is 1.52 bits per heavy atom. The molecule has 4 aliphatic rings. The van der Waals surface area contributed by atoms with Gasteiger partial charge in [0.15, 0.2) is 11.8 Å². The minimum atomic E-state index is 0.0958. The number of rotatable bonds is 4. The van der Waals surface area contributed by atoms with Gasteiger partial charge >= 0.3 is 0 Å². The molecule has 2 aromatic carbocycles. The average molecular weight is 384 g/mol. The highest BCUT2D eigenvalue weighted by atomic mass is 16.5. The second-order valence-electron chi connectivity index (χ2n) is 8.41. The van der Waals surface area contributed by atoms with E-state index in [-0.39, 0.29) is 23.9 Å². The van der Waals surface area contributed by atoms with Crippen LogP contribution in [0.15, 0.2) is 82.8 Å². The lowest BCUT2D eigenvalue weighted by Gasteiger charge is -2.26. The standard InChI is InChI=1S/C25H24N2O2/c1-3-7-16(8-4-1)20-14-28-24(26-20)22-18-11-12-19(13-18)23(22)25-27-21(15-29-25)17-9-5-2-6-10-17/h1-12,18-23H,13-15H2/t18-,19+,20-,21-,22+,23?/m1/s1. The minimum Gasteiger partial charge on any atom is -0.478 e. The number of aliphatic imine (C=N–C) groups is 2. The fourth-order valence-electron chi connectivity index (χ4n) is 5.34. The molecule has 0 N–H and O–H groups in total. The lowest BCUT2D eigenvalue weighted by molar-refractivity contribution is 0.260.